The zero-order valence-electron chi connectivity index (χ0n) is 14.3. The summed E-state index contributed by atoms with van der Waals surface area (Å²) < 4.78 is 1.69. The summed E-state index contributed by atoms with van der Waals surface area (Å²) in [5, 5.41) is 12.6. The fraction of sp³-hybridized carbons (Fsp3) is 0.556. The monoisotopic (exact) mass is 357 g/mol. The summed E-state index contributed by atoms with van der Waals surface area (Å²) in [5.41, 5.74) is 0.910. The van der Waals surface area contributed by atoms with Crippen LogP contribution in [0.25, 0.3) is 5.69 Å². The predicted molar refractivity (Wildman–Crippen MR) is 96.6 cm³/mol. The van der Waals surface area contributed by atoms with Gasteiger partial charge in [0.05, 0.1) is 11.4 Å². The van der Waals surface area contributed by atoms with Crippen LogP contribution in [0, 0.1) is 5.92 Å². The van der Waals surface area contributed by atoms with Crippen LogP contribution in [0.15, 0.2) is 35.5 Å². The molecule has 0 unspecified atom stereocenters. The average Bonchev–Trinajstić information content (AvgIpc) is 3.15. The molecule has 2 aliphatic rings. The van der Waals surface area contributed by atoms with Crippen LogP contribution in [0.4, 0.5) is 0 Å². The number of thioether (sulfide) groups is 1. The molecule has 1 saturated carbocycles. The van der Waals surface area contributed by atoms with Crippen molar-refractivity contribution >= 4 is 17.7 Å². The number of nitrogens with zero attached hydrogens (tertiary/aromatic N) is 5. The highest BCUT2D eigenvalue weighted by molar-refractivity contribution is 7.99. The van der Waals surface area contributed by atoms with E-state index in [1.165, 1.54) is 43.9 Å². The fourth-order valence-corrected chi connectivity index (χ4v) is 4.92. The van der Waals surface area contributed by atoms with E-state index < -0.39 is 0 Å². The molecule has 0 bridgehead atoms. The van der Waals surface area contributed by atoms with Gasteiger partial charge in [0.2, 0.25) is 11.1 Å². The molecule has 132 valence electrons. The number of rotatable bonds is 4. The SMILES string of the molecule is O=C(CSc1nnnn1-c1ccccc1)N1CCC[C@H]2CCCC[C@@H]21. The molecule has 2 heterocycles. The first kappa shape index (κ1) is 16.6. The van der Waals surface area contributed by atoms with E-state index in [1.54, 1.807) is 4.68 Å². The molecule has 2 atom stereocenters. The number of tetrazole rings is 1. The molecule has 1 aliphatic carbocycles. The zero-order chi connectivity index (χ0) is 17.1. The van der Waals surface area contributed by atoms with E-state index in [0.29, 0.717) is 22.9 Å². The molecular weight excluding hydrogens is 334 g/mol. The summed E-state index contributed by atoms with van der Waals surface area (Å²) in [5.74, 6) is 1.34. The molecule has 1 aromatic heterocycles. The van der Waals surface area contributed by atoms with Crippen molar-refractivity contribution in [3.63, 3.8) is 0 Å². The van der Waals surface area contributed by atoms with Crippen LogP contribution in [0.5, 0.6) is 0 Å². The number of likely N-dealkylation sites (tertiary alicyclic amines) is 1. The minimum Gasteiger partial charge on any atom is -0.339 e. The first-order valence-electron chi connectivity index (χ1n) is 9.09. The van der Waals surface area contributed by atoms with Gasteiger partial charge in [0.1, 0.15) is 0 Å². The van der Waals surface area contributed by atoms with E-state index in [2.05, 4.69) is 20.4 Å². The Hall–Kier alpha value is -1.89. The van der Waals surface area contributed by atoms with Crippen LogP contribution >= 0.6 is 11.8 Å². The van der Waals surface area contributed by atoms with Gasteiger partial charge in [0.25, 0.3) is 0 Å². The lowest BCUT2D eigenvalue weighted by molar-refractivity contribution is -0.134. The van der Waals surface area contributed by atoms with Gasteiger partial charge < -0.3 is 4.90 Å². The third kappa shape index (κ3) is 3.56. The Morgan fingerprint density at radius 2 is 1.92 bits per heavy atom. The van der Waals surface area contributed by atoms with Crippen molar-refractivity contribution in [3.8, 4) is 5.69 Å². The van der Waals surface area contributed by atoms with E-state index >= 15 is 0 Å². The van der Waals surface area contributed by atoms with Crippen LogP contribution < -0.4 is 0 Å². The van der Waals surface area contributed by atoms with Crippen LogP contribution in [0.1, 0.15) is 38.5 Å². The van der Waals surface area contributed by atoms with Gasteiger partial charge in [-0.15, -0.1) is 5.10 Å². The second-order valence-corrected chi connectivity index (χ2v) is 7.78. The third-order valence-corrected chi connectivity index (χ3v) is 6.23. The molecule has 4 rings (SSSR count). The number of amides is 1. The lowest BCUT2D eigenvalue weighted by Crippen LogP contribution is -2.50. The van der Waals surface area contributed by atoms with Gasteiger partial charge in [-0.25, -0.2) is 0 Å². The molecule has 2 fully saturated rings. The summed E-state index contributed by atoms with van der Waals surface area (Å²) >= 11 is 1.43. The highest BCUT2D eigenvalue weighted by Gasteiger charge is 2.35. The van der Waals surface area contributed by atoms with E-state index in [0.717, 1.165) is 18.7 Å². The first-order valence-corrected chi connectivity index (χ1v) is 10.1. The van der Waals surface area contributed by atoms with E-state index in [1.807, 2.05) is 30.3 Å². The number of aromatic nitrogens is 4. The highest BCUT2D eigenvalue weighted by atomic mass is 32.2. The van der Waals surface area contributed by atoms with Crippen molar-refractivity contribution in [1.82, 2.24) is 25.1 Å². The molecule has 6 nitrogen and oxygen atoms in total. The molecule has 1 aromatic carbocycles. The summed E-state index contributed by atoms with van der Waals surface area (Å²) in [6.45, 7) is 0.907. The van der Waals surface area contributed by atoms with Crippen molar-refractivity contribution in [2.75, 3.05) is 12.3 Å². The minimum absolute atomic E-state index is 0.226. The number of fused-ring (bicyclic) bond motifs is 1. The Labute approximate surface area is 152 Å². The van der Waals surface area contributed by atoms with E-state index in [4.69, 9.17) is 0 Å². The Balaban J connectivity index is 1.42. The maximum absolute atomic E-state index is 12.8. The third-order valence-electron chi connectivity index (χ3n) is 5.33. The normalized spacial score (nSPS) is 23.3. The van der Waals surface area contributed by atoms with E-state index in [9.17, 15) is 4.79 Å². The molecule has 0 spiro atoms. The second-order valence-electron chi connectivity index (χ2n) is 6.84. The standard InChI is InChI=1S/C18H23N5OS/c24-17(22-12-6-8-14-7-4-5-11-16(14)22)13-25-18-19-20-21-23(18)15-9-2-1-3-10-15/h1-3,9-10,14,16H,4-8,11-13H2/t14-,16+/m1/s1. The van der Waals surface area contributed by atoms with Gasteiger partial charge >= 0.3 is 0 Å². The molecule has 0 radical (unpaired) electrons. The van der Waals surface area contributed by atoms with Gasteiger partial charge in [-0.3, -0.25) is 4.79 Å². The largest absolute Gasteiger partial charge is 0.339 e. The minimum atomic E-state index is 0.226. The highest BCUT2D eigenvalue weighted by Crippen LogP contribution is 2.35. The number of para-hydroxylation sites is 1. The number of carbonyl (C=O) groups excluding carboxylic acids is 1. The lowest BCUT2D eigenvalue weighted by Gasteiger charge is -2.44. The lowest BCUT2D eigenvalue weighted by atomic mass is 9.78. The van der Waals surface area contributed by atoms with Gasteiger partial charge in [-0.2, -0.15) is 4.68 Å². The van der Waals surface area contributed by atoms with Crippen LogP contribution in [-0.4, -0.2) is 49.4 Å². The van der Waals surface area contributed by atoms with Gasteiger partial charge in [-0.05, 0) is 54.2 Å². The fourth-order valence-electron chi connectivity index (χ4n) is 4.14. The molecule has 0 N–H and O–H groups in total. The summed E-state index contributed by atoms with van der Waals surface area (Å²) in [6, 6.07) is 10.2. The molecule has 7 heteroatoms. The number of hydrogen-bond donors (Lipinski definition) is 0. The molecular formula is C18H23N5OS. The Bertz CT molecular complexity index is 717. The summed E-state index contributed by atoms with van der Waals surface area (Å²) in [6.07, 6.45) is 7.46. The Morgan fingerprint density at radius 1 is 1.12 bits per heavy atom. The van der Waals surface area contributed by atoms with Crippen LogP contribution in [0.2, 0.25) is 0 Å². The summed E-state index contributed by atoms with van der Waals surface area (Å²) in [7, 11) is 0. The van der Waals surface area contributed by atoms with Gasteiger partial charge in [-0.1, -0.05) is 42.8 Å². The number of piperidine rings is 1. The zero-order valence-corrected chi connectivity index (χ0v) is 15.1. The Morgan fingerprint density at radius 3 is 2.80 bits per heavy atom. The number of benzene rings is 1. The van der Waals surface area contributed by atoms with Gasteiger partial charge in [0.15, 0.2) is 0 Å². The maximum atomic E-state index is 12.8. The second kappa shape index (κ2) is 7.56. The number of hydrogen-bond acceptors (Lipinski definition) is 5. The van der Waals surface area contributed by atoms with Crippen molar-refractivity contribution in [3.05, 3.63) is 30.3 Å². The number of carbonyl (C=O) groups is 1. The van der Waals surface area contributed by atoms with Crippen LogP contribution in [0.3, 0.4) is 0 Å². The quantitative estimate of drug-likeness (QED) is 0.787. The molecule has 25 heavy (non-hydrogen) atoms. The van der Waals surface area contributed by atoms with E-state index in [-0.39, 0.29) is 5.91 Å². The van der Waals surface area contributed by atoms with Crippen molar-refractivity contribution in [2.45, 2.75) is 49.7 Å². The summed E-state index contributed by atoms with van der Waals surface area (Å²) in [4.78, 5) is 15.0. The maximum Gasteiger partial charge on any atom is 0.233 e. The van der Waals surface area contributed by atoms with Crippen molar-refractivity contribution in [2.24, 2.45) is 5.92 Å². The first-order chi connectivity index (χ1) is 12.3. The van der Waals surface area contributed by atoms with Crippen molar-refractivity contribution in [1.29, 1.82) is 0 Å². The Kier molecular flexibility index (Phi) is 5.01. The topological polar surface area (TPSA) is 63.9 Å². The van der Waals surface area contributed by atoms with Crippen molar-refractivity contribution < 1.29 is 4.79 Å². The average molecular weight is 357 g/mol. The molecule has 2 aromatic rings. The molecule has 1 aliphatic heterocycles. The molecule has 1 amide bonds. The molecule has 1 saturated heterocycles. The smallest absolute Gasteiger partial charge is 0.233 e. The van der Waals surface area contributed by atoms with Gasteiger partial charge in [0, 0.05) is 12.6 Å². The van der Waals surface area contributed by atoms with Crippen LogP contribution in [-0.2, 0) is 4.79 Å². The predicted octanol–water partition coefficient (Wildman–Crippen LogP) is 2.94.